The van der Waals surface area contributed by atoms with Gasteiger partial charge >= 0.3 is 132 Å². The number of nitrogens with zero attached hydrogens (tertiary/aromatic N) is 2. The zero-order valence-corrected chi connectivity index (χ0v) is 33.4. The second-order valence-electron chi connectivity index (χ2n) is 15.2. The van der Waals surface area contributed by atoms with Crippen LogP contribution in [0.1, 0.15) is 57.6 Å². The van der Waals surface area contributed by atoms with E-state index in [1.165, 1.54) is 41.8 Å². The summed E-state index contributed by atoms with van der Waals surface area (Å²) in [6.07, 6.45) is 10.3. The number of rotatable bonds is 6. The number of fused-ring (bicyclic) bond motifs is 3. The molecule has 1 aliphatic rings. The predicted molar refractivity (Wildman–Crippen MR) is 196 cm³/mol. The van der Waals surface area contributed by atoms with Crippen molar-refractivity contribution in [2.45, 2.75) is 76.6 Å². The van der Waals surface area contributed by atoms with Gasteiger partial charge in [-0.05, 0) is 29.7 Å². The van der Waals surface area contributed by atoms with Crippen LogP contribution in [0.2, 0.25) is 17.3 Å². The molecule has 0 atom stereocenters. The monoisotopic (exact) mass is 879 g/mol. The van der Waals surface area contributed by atoms with E-state index in [0.29, 0.717) is 11.3 Å². The predicted octanol–water partition coefficient (Wildman–Crippen LogP) is 11.0. The molecule has 3 heterocycles. The Kier molecular flexibility index (Phi) is 11.4. The van der Waals surface area contributed by atoms with Crippen molar-refractivity contribution in [2.75, 3.05) is 0 Å². The largest absolute Gasteiger partial charge is 0.500 e. The molecule has 3 nitrogen and oxygen atoms in total. The van der Waals surface area contributed by atoms with Crippen molar-refractivity contribution in [3.63, 3.8) is 0 Å². The summed E-state index contributed by atoms with van der Waals surface area (Å²) in [5.41, 5.74) is 7.99. The molecule has 1 saturated carbocycles. The number of aromatic nitrogens is 2. The normalized spacial score (nSPS) is 13.7. The Morgan fingerprint density at radius 2 is 1.50 bits per heavy atom. The minimum atomic E-state index is -1.90. The van der Waals surface area contributed by atoms with Gasteiger partial charge in [0.25, 0.3) is 0 Å². The van der Waals surface area contributed by atoms with Crippen molar-refractivity contribution in [3.8, 4) is 22.5 Å². The minimum absolute atomic E-state index is 0. The standard InChI is InChI=1S/C23H19FNO.C19H26GeN.Ir/c24-20-14-25-21(13-17(20)11-15-5-1-2-6-15)16-9-10-23-19(12-16)18-7-3-4-8-22(18)26-23;1-19(2,3)13-16-12-18(15-10-8-7-9-11-15)21-14-17(16)20(4,5)6;/h3-4,7-8,10,12-15H,1-2,5-6,11H2;7-10,12,14H,13H2,1-6H3;/q2*-1;. The number of pyridine rings is 2. The number of halogens is 1. The molecule has 3 aromatic heterocycles. The smallest absolute Gasteiger partial charge is 0.142 e. The van der Waals surface area contributed by atoms with E-state index in [1.54, 1.807) is 0 Å². The second-order valence-corrected chi connectivity index (χ2v) is 25.8. The van der Waals surface area contributed by atoms with Crippen LogP contribution < -0.4 is 4.40 Å². The Morgan fingerprint density at radius 3 is 2.21 bits per heavy atom. The fourth-order valence-corrected chi connectivity index (χ4v) is 10.0. The Hall–Kier alpha value is -3.12. The van der Waals surface area contributed by atoms with Gasteiger partial charge in [-0.1, -0.05) is 55.3 Å². The van der Waals surface area contributed by atoms with Gasteiger partial charge in [-0.2, -0.15) is 0 Å². The van der Waals surface area contributed by atoms with Crippen LogP contribution in [0.4, 0.5) is 4.39 Å². The molecule has 6 heteroatoms. The van der Waals surface area contributed by atoms with Crippen LogP contribution in [0, 0.1) is 29.3 Å². The van der Waals surface area contributed by atoms with E-state index < -0.39 is 13.3 Å². The average molecular weight is 878 g/mol. The first kappa shape index (κ1) is 36.2. The van der Waals surface area contributed by atoms with Crippen molar-refractivity contribution in [2.24, 2.45) is 11.3 Å². The van der Waals surface area contributed by atoms with Crippen LogP contribution in [-0.4, -0.2) is 23.2 Å². The maximum Gasteiger partial charge on any atom is 0.142 e. The quantitative estimate of drug-likeness (QED) is 0.124. The van der Waals surface area contributed by atoms with Gasteiger partial charge in [0, 0.05) is 25.5 Å². The molecule has 6 aromatic rings. The molecule has 7 rings (SSSR count). The topological polar surface area (TPSA) is 38.9 Å². The number of hydrogen-bond donors (Lipinski definition) is 0. The molecule has 0 bridgehead atoms. The Labute approximate surface area is 301 Å². The van der Waals surface area contributed by atoms with Gasteiger partial charge in [-0.25, -0.2) is 4.39 Å². The summed E-state index contributed by atoms with van der Waals surface area (Å²) in [4.78, 5) is 9.04. The summed E-state index contributed by atoms with van der Waals surface area (Å²) in [5, 5.41) is 2.11. The first-order valence-electron chi connectivity index (χ1n) is 16.9. The molecular formula is C42H45FGeIrN2O-2. The summed E-state index contributed by atoms with van der Waals surface area (Å²) in [5.74, 6) is 7.73. The van der Waals surface area contributed by atoms with Crippen LogP contribution >= 0.6 is 0 Å². The SMILES string of the molecule is CC(C)(C)Cc1cc(-c2[c-]cccc2)nc[c]1[Ge]([CH3])([CH3])[CH3].Fc1cnc(-c2[c-]cc3oc4ccccc4c3c2)cc1CC1CCCC1.[Ir]. The zero-order chi connectivity index (χ0) is 33.2. The third-order valence-electron chi connectivity index (χ3n) is 9.01. The van der Waals surface area contributed by atoms with Crippen LogP contribution in [0.15, 0.2) is 89.6 Å². The number of benzene rings is 3. The molecule has 3 aromatic carbocycles. The number of furan rings is 1. The van der Waals surface area contributed by atoms with Gasteiger partial charge in [-0.3, -0.25) is 0 Å². The van der Waals surface area contributed by atoms with Crippen LogP contribution in [0.25, 0.3) is 44.5 Å². The van der Waals surface area contributed by atoms with Crippen molar-refractivity contribution in [3.05, 3.63) is 114 Å². The van der Waals surface area contributed by atoms with Crippen LogP contribution in [0.5, 0.6) is 0 Å². The Bertz CT molecular complexity index is 1990. The molecule has 0 aliphatic heterocycles. The van der Waals surface area contributed by atoms with Crippen molar-refractivity contribution < 1.29 is 28.9 Å². The Balaban J connectivity index is 0.000000189. The van der Waals surface area contributed by atoms with E-state index in [2.05, 4.69) is 79.6 Å². The molecule has 251 valence electrons. The molecule has 0 saturated heterocycles. The maximum absolute atomic E-state index is 14.3. The molecule has 0 amide bonds. The molecule has 1 radical (unpaired) electrons. The van der Waals surface area contributed by atoms with E-state index in [-0.39, 0.29) is 25.9 Å². The number of hydrogen-bond acceptors (Lipinski definition) is 3. The van der Waals surface area contributed by atoms with Gasteiger partial charge in [0.1, 0.15) is 11.4 Å². The first-order chi connectivity index (χ1) is 22.4. The first-order valence-corrected chi connectivity index (χ1v) is 24.2. The molecule has 1 fully saturated rings. The average Bonchev–Trinajstić information content (AvgIpc) is 3.69. The summed E-state index contributed by atoms with van der Waals surface area (Å²) in [6.45, 7) is 6.92. The summed E-state index contributed by atoms with van der Waals surface area (Å²) >= 11 is -1.90. The molecule has 0 spiro atoms. The molecule has 0 unspecified atom stereocenters. The maximum atomic E-state index is 14.3. The summed E-state index contributed by atoms with van der Waals surface area (Å²) in [7, 11) is 0. The minimum Gasteiger partial charge on any atom is -0.500 e. The molecule has 1 aliphatic carbocycles. The zero-order valence-electron chi connectivity index (χ0n) is 28.9. The second kappa shape index (κ2) is 15.2. The summed E-state index contributed by atoms with van der Waals surface area (Å²) in [6, 6.07) is 30.7. The molecular weight excluding hydrogens is 832 g/mol. The van der Waals surface area contributed by atoms with Crippen molar-refractivity contribution >= 4 is 39.6 Å². The molecule has 48 heavy (non-hydrogen) atoms. The van der Waals surface area contributed by atoms with E-state index in [4.69, 9.17) is 9.40 Å². The molecule has 0 N–H and O–H groups in total. The van der Waals surface area contributed by atoms with Gasteiger partial charge in [-0.15, -0.1) is 23.8 Å². The van der Waals surface area contributed by atoms with Gasteiger partial charge in [0.15, 0.2) is 0 Å². The number of para-hydroxylation sites is 1. The summed E-state index contributed by atoms with van der Waals surface area (Å²) < 4.78 is 21.7. The van der Waals surface area contributed by atoms with Crippen molar-refractivity contribution in [1.29, 1.82) is 0 Å². The van der Waals surface area contributed by atoms with E-state index in [1.807, 2.05) is 54.6 Å². The van der Waals surface area contributed by atoms with Crippen LogP contribution in [0.3, 0.4) is 0 Å². The van der Waals surface area contributed by atoms with Crippen LogP contribution in [-0.2, 0) is 32.9 Å². The fraction of sp³-hybridized carbons (Fsp3) is 0.333. The van der Waals surface area contributed by atoms with E-state index in [0.717, 1.165) is 62.9 Å². The Morgan fingerprint density at radius 1 is 0.812 bits per heavy atom. The van der Waals surface area contributed by atoms with E-state index in [9.17, 15) is 4.39 Å². The van der Waals surface area contributed by atoms with Gasteiger partial charge in [0.05, 0.1) is 11.8 Å². The van der Waals surface area contributed by atoms with E-state index >= 15 is 0 Å². The van der Waals surface area contributed by atoms with Crippen molar-refractivity contribution in [1.82, 2.24) is 9.97 Å². The third-order valence-corrected chi connectivity index (χ3v) is 13.3. The fourth-order valence-electron chi connectivity index (χ4n) is 6.72. The third kappa shape index (κ3) is 8.72. The van der Waals surface area contributed by atoms with Gasteiger partial charge in [0.2, 0.25) is 0 Å². The van der Waals surface area contributed by atoms with Gasteiger partial charge < -0.3 is 9.40 Å².